The number of carbonyl (C=O) groups excluding carboxylic acids is 2. The van der Waals surface area contributed by atoms with Crippen LogP contribution in [0, 0.1) is 5.92 Å². The Hall–Kier alpha value is -1.66. The van der Waals surface area contributed by atoms with Crippen LogP contribution in [-0.4, -0.2) is 24.9 Å². The first-order chi connectivity index (χ1) is 11.1. The third-order valence-corrected chi connectivity index (χ3v) is 5.32. The number of nitrogens with one attached hydrogen (secondary N) is 1. The Bertz CT molecular complexity index is 702. The number of hydrogen-bond donors (Lipinski definition) is 1. The molecule has 0 saturated carbocycles. The van der Waals surface area contributed by atoms with Crippen LogP contribution in [0.5, 0.6) is 0 Å². The standard InChI is InChI=1S/C17H17BrN2O2S/c18-12-3-1-4-13(11-12)20-9-7-15(17(20)22)16(21)19-8-6-14-5-2-10-23-14/h1-5,10-11,15H,6-9H2,(H,19,21)/t15-/m1/s1. The van der Waals surface area contributed by atoms with Crippen molar-refractivity contribution in [3.8, 4) is 0 Å². The van der Waals surface area contributed by atoms with Crippen molar-refractivity contribution in [3.63, 3.8) is 0 Å². The number of anilines is 1. The fraction of sp³-hybridized carbons (Fsp3) is 0.294. The molecule has 1 saturated heterocycles. The molecule has 4 nitrogen and oxygen atoms in total. The first-order valence-corrected chi connectivity index (χ1v) is 9.19. The Morgan fingerprint density at radius 1 is 1.35 bits per heavy atom. The molecule has 6 heteroatoms. The van der Waals surface area contributed by atoms with E-state index in [9.17, 15) is 9.59 Å². The van der Waals surface area contributed by atoms with Crippen molar-refractivity contribution in [2.45, 2.75) is 12.8 Å². The summed E-state index contributed by atoms with van der Waals surface area (Å²) in [5.41, 5.74) is 0.832. The van der Waals surface area contributed by atoms with Gasteiger partial charge in [-0.25, -0.2) is 0 Å². The van der Waals surface area contributed by atoms with Gasteiger partial charge in [0.2, 0.25) is 11.8 Å². The Balaban J connectivity index is 1.56. The third-order valence-electron chi connectivity index (χ3n) is 3.89. The van der Waals surface area contributed by atoms with Crippen molar-refractivity contribution in [1.29, 1.82) is 0 Å². The molecule has 0 radical (unpaired) electrons. The molecule has 1 fully saturated rings. The zero-order chi connectivity index (χ0) is 16.2. The summed E-state index contributed by atoms with van der Waals surface area (Å²) in [4.78, 5) is 27.7. The van der Waals surface area contributed by atoms with E-state index in [1.165, 1.54) is 4.88 Å². The van der Waals surface area contributed by atoms with E-state index >= 15 is 0 Å². The number of rotatable bonds is 5. The quantitative estimate of drug-likeness (QED) is 0.794. The molecule has 1 N–H and O–H groups in total. The predicted octanol–water partition coefficient (Wildman–Crippen LogP) is 3.22. The number of carbonyl (C=O) groups is 2. The maximum atomic E-state index is 12.5. The van der Waals surface area contributed by atoms with Gasteiger partial charge in [-0.2, -0.15) is 0 Å². The lowest BCUT2D eigenvalue weighted by atomic mass is 10.1. The molecule has 1 aromatic carbocycles. The van der Waals surface area contributed by atoms with Crippen LogP contribution in [0.1, 0.15) is 11.3 Å². The number of nitrogens with zero attached hydrogens (tertiary/aromatic N) is 1. The number of halogens is 1. The minimum absolute atomic E-state index is 0.114. The molecule has 0 spiro atoms. The fourth-order valence-electron chi connectivity index (χ4n) is 2.71. The van der Waals surface area contributed by atoms with E-state index < -0.39 is 5.92 Å². The second-order valence-electron chi connectivity index (χ2n) is 5.43. The highest BCUT2D eigenvalue weighted by atomic mass is 79.9. The van der Waals surface area contributed by atoms with E-state index in [4.69, 9.17) is 0 Å². The number of amides is 2. The minimum atomic E-state index is -0.572. The zero-order valence-electron chi connectivity index (χ0n) is 12.5. The molecule has 0 unspecified atom stereocenters. The molecule has 0 aliphatic carbocycles. The van der Waals surface area contributed by atoms with Gasteiger partial charge < -0.3 is 10.2 Å². The predicted molar refractivity (Wildman–Crippen MR) is 95.6 cm³/mol. The van der Waals surface area contributed by atoms with E-state index in [2.05, 4.69) is 21.2 Å². The minimum Gasteiger partial charge on any atom is -0.355 e. The van der Waals surface area contributed by atoms with E-state index in [0.717, 1.165) is 16.6 Å². The highest BCUT2D eigenvalue weighted by Crippen LogP contribution is 2.27. The number of thiophene rings is 1. The summed E-state index contributed by atoms with van der Waals surface area (Å²) in [6.45, 7) is 1.15. The largest absolute Gasteiger partial charge is 0.355 e. The molecule has 3 rings (SSSR count). The van der Waals surface area contributed by atoms with Gasteiger partial charge in [0.1, 0.15) is 5.92 Å². The van der Waals surface area contributed by atoms with Crippen molar-refractivity contribution in [2.24, 2.45) is 5.92 Å². The van der Waals surface area contributed by atoms with E-state index in [0.29, 0.717) is 19.5 Å². The van der Waals surface area contributed by atoms with Crippen LogP contribution in [0.3, 0.4) is 0 Å². The Morgan fingerprint density at radius 2 is 2.22 bits per heavy atom. The first kappa shape index (κ1) is 16.2. The highest BCUT2D eigenvalue weighted by Gasteiger charge is 2.37. The smallest absolute Gasteiger partial charge is 0.239 e. The van der Waals surface area contributed by atoms with Gasteiger partial charge in [-0.1, -0.05) is 28.1 Å². The van der Waals surface area contributed by atoms with Gasteiger partial charge in [0.25, 0.3) is 0 Å². The maximum Gasteiger partial charge on any atom is 0.239 e. The molecule has 1 aliphatic heterocycles. The molecule has 2 heterocycles. The molecule has 1 atom stereocenters. The lowest BCUT2D eigenvalue weighted by molar-refractivity contribution is -0.132. The summed E-state index contributed by atoms with van der Waals surface area (Å²) in [7, 11) is 0. The Kier molecular flexibility index (Phi) is 5.13. The summed E-state index contributed by atoms with van der Waals surface area (Å²) in [6.07, 6.45) is 1.37. The van der Waals surface area contributed by atoms with Crippen LogP contribution in [0.25, 0.3) is 0 Å². The van der Waals surface area contributed by atoms with Crippen molar-refractivity contribution in [1.82, 2.24) is 5.32 Å². The molecular formula is C17H17BrN2O2S. The van der Waals surface area contributed by atoms with E-state index in [-0.39, 0.29) is 11.8 Å². The summed E-state index contributed by atoms with van der Waals surface area (Å²) in [5.74, 6) is -0.849. The topological polar surface area (TPSA) is 49.4 Å². The van der Waals surface area contributed by atoms with E-state index in [1.807, 2.05) is 41.8 Å². The fourth-order valence-corrected chi connectivity index (χ4v) is 3.81. The van der Waals surface area contributed by atoms with Crippen LogP contribution >= 0.6 is 27.3 Å². The monoisotopic (exact) mass is 392 g/mol. The van der Waals surface area contributed by atoms with Gasteiger partial charge in [0, 0.05) is 28.1 Å². The average molecular weight is 393 g/mol. The van der Waals surface area contributed by atoms with E-state index in [1.54, 1.807) is 16.2 Å². The van der Waals surface area contributed by atoms with Crippen molar-refractivity contribution in [2.75, 3.05) is 18.0 Å². The van der Waals surface area contributed by atoms with Gasteiger partial charge in [-0.3, -0.25) is 9.59 Å². The summed E-state index contributed by atoms with van der Waals surface area (Å²) < 4.78 is 0.923. The van der Waals surface area contributed by atoms with Gasteiger partial charge in [-0.15, -0.1) is 11.3 Å². The molecule has 2 aromatic rings. The maximum absolute atomic E-state index is 12.5. The highest BCUT2D eigenvalue weighted by molar-refractivity contribution is 9.10. The SMILES string of the molecule is O=C(NCCc1cccs1)[C@H]1CCN(c2cccc(Br)c2)C1=O. The van der Waals surface area contributed by atoms with Gasteiger partial charge >= 0.3 is 0 Å². The Morgan fingerprint density at radius 3 is 2.96 bits per heavy atom. The van der Waals surface area contributed by atoms with Crippen LogP contribution < -0.4 is 10.2 Å². The third kappa shape index (κ3) is 3.82. The summed E-state index contributed by atoms with van der Waals surface area (Å²) >= 11 is 5.09. The van der Waals surface area contributed by atoms with Gasteiger partial charge in [0.15, 0.2) is 0 Å². The number of benzene rings is 1. The van der Waals surface area contributed by atoms with Crippen molar-refractivity contribution < 1.29 is 9.59 Å². The van der Waals surface area contributed by atoms with Crippen LogP contribution in [-0.2, 0) is 16.0 Å². The lowest BCUT2D eigenvalue weighted by Gasteiger charge is -2.17. The first-order valence-electron chi connectivity index (χ1n) is 7.52. The van der Waals surface area contributed by atoms with Gasteiger partial charge in [0.05, 0.1) is 0 Å². The normalized spacial score (nSPS) is 17.5. The van der Waals surface area contributed by atoms with Crippen molar-refractivity contribution in [3.05, 3.63) is 51.1 Å². The molecular weight excluding hydrogens is 376 g/mol. The summed E-state index contributed by atoms with van der Waals surface area (Å²) in [5, 5.41) is 4.91. The van der Waals surface area contributed by atoms with Crippen LogP contribution in [0.15, 0.2) is 46.3 Å². The second-order valence-corrected chi connectivity index (χ2v) is 7.38. The Labute approximate surface area is 147 Å². The average Bonchev–Trinajstić information content (AvgIpc) is 3.17. The second kappa shape index (κ2) is 7.27. The number of hydrogen-bond acceptors (Lipinski definition) is 3. The lowest BCUT2D eigenvalue weighted by Crippen LogP contribution is -2.37. The molecule has 0 bridgehead atoms. The molecule has 1 aliphatic rings. The van der Waals surface area contributed by atoms with Crippen molar-refractivity contribution >= 4 is 44.8 Å². The molecule has 23 heavy (non-hydrogen) atoms. The van der Waals surface area contributed by atoms with Crippen LogP contribution in [0.2, 0.25) is 0 Å². The van der Waals surface area contributed by atoms with Crippen LogP contribution in [0.4, 0.5) is 5.69 Å². The zero-order valence-corrected chi connectivity index (χ0v) is 14.9. The summed E-state index contributed by atoms with van der Waals surface area (Å²) in [6, 6.07) is 11.6. The molecule has 1 aromatic heterocycles. The molecule has 2 amide bonds. The van der Waals surface area contributed by atoms with Gasteiger partial charge in [-0.05, 0) is 42.5 Å². The molecule has 120 valence electrons.